The Morgan fingerprint density at radius 3 is 2.52 bits per heavy atom. The normalized spacial score (nSPS) is 14.3. The van der Waals surface area contributed by atoms with Gasteiger partial charge in [0.25, 0.3) is 0 Å². The molecule has 1 heterocycles. The van der Waals surface area contributed by atoms with E-state index in [-0.39, 0.29) is 5.91 Å². The molecule has 150 valence electrons. The molecule has 1 amide bonds. The quantitative estimate of drug-likeness (QED) is 0.569. The molecule has 3 aromatic rings. The van der Waals surface area contributed by atoms with Crippen LogP contribution in [0.25, 0.3) is 11.3 Å². The van der Waals surface area contributed by atoms with Crippen LogP contribution < -0.4 is 14.8 Å². The lowest BCUT2D eigenvalue weighted by Gasteiger charge is -2.13. The van der Waals surface area contributed by atoms with Crippen LogP contribution in [0.3, 0.4) is 0 Å². The van der Waals surface area contributed by atoms with Gasteiger partial charge in [-0.2, -0.15) is 0 Å². The highest BCUT2D eigenvalue weighted by Gasteiger charge is 2.54. The second-order valence-corrected chi connectivity index (χ2v) is 7.65. The SMILES string of the molecule is COc1ccc(-c2cc(C3(C(=O)Nc4cc(Cl)ccc4Cl)CC3)no2)cc1OC. The smallest absolute Gasteiger partial charge is 0.236 e. The second-order valence-electron chi connectivity index (χ2n) is 6.81. The van der Waals surface area contributed by atoms with Gasteiger partial charge in [-0.1, -0.05) is 28.4 Å². The van der Waals surface area contributed by atoms with E-state index in [2.05, 4.69) is 10.5 Å². The highest BCUT2D eigenvalue weighted by atomic mass is 35.5. The number of carbonyl (C=O) groups is 1. The molecule has 0 atom stereocenters. The first-order valence-corrected chi connectivity index (χ1v) is 9.68. The molecule has 4 rings (SSSR count). The van der Waals surface area contributed by atoms with Gasteiger partial charge in [-0.3, -0.25) is 4.79 Å². The fourth-order valence-corrected chi connectivity index (χ4v) is 3.52. The molecule has 1 aliphatic carbocycles. The predicted molar refractivity (Wildman–Crippen MR) is 111 cm³/mol. The van der Waals surface area contributed by atoms with E-state index < -0.39 is 5.41 Å². The van der Waals surface area contributed by atoms with Gasteiger partial charge in [0.1, 0.15) is 0 Å². The summed E-state index contributed by atoms with van der Waals surface area (Å²) in [5, 5.41) is 7.94. The lowest BCUT2D eigenvalue weighted by molar-refractivity contribution is -0.118. The minimum atomic E-state index is -0.732. The Hall–Kier alpha value is -2.70. The van der Waals surface area contributed by atoms with E-state index in [0.717, 1.165) is 5.56 Å². The van der Waals surface area contributed by atoms with Gasteiger partial charge < -0.3 is 19.3 Å². The van der Waals surface area contributed by atoms with E-state index in [9.17, 15) is 4.79 Å². The highest BCUT2D eigenvalue weighted by molar-refractivity contribution is 6.35. The van der Waals surface area contributed by atoms with E-state index in [0.29, 0.717) is 51.5 Å². The summed E-state index contributed by atoms with van der Waals surface area (Å²) in [5.41, 5.74) is 1.09. The lowest BCUT2D eigenvalue weighted by Crippen LogP contribution is -2.28. The van der Waals surface area contributed by atoms with Crippen molar-refractivity contribution < 1.29 is 18.8 Å². The fourth-order valence-electron chi connectivity index (χ4n) is 3.19. The zero-order valence-electron chi connectivity index (χ0n) is 15.8. The number of methoxy groups -OCH3 is 2. The van der Waals surface area contributed by atoms with Crippen molar-refractivity contribution >= 4 is 34.8 Å². The van der Waals surface area contributed by atoms with E-state index in [4.69, 9.17) is 37.2 Å². The van der Waals surface area contributed by atoms with Gasteiger partial charge in [0.15, 0.2) is 17.3 Å². The number of rotatable bonds is 6. The molecule has 2 aromatic carbocycles. The van der Waals surface area contributed by atoms with Gasteiger partial charge in [-0.15, -0.1) is 0 Å². The van der Waals surface area contributed by atoms with E-state index in [1.54, 1.807) is 50.6 Å². The first-order chi connectivity index (χ1) is 14.0. The predicted octanol–water partition coefficient (Wildman–Crippen LogP) is 5.34. The first-order valence-electron chi connectivity index (χ1n) is 8.93. The number of halogens is 2. The number of ether oxygens (including phenoxy) is 2. The molecule has 0 aliphatic heterocycles. The van der Waals surface area contributed by atoms with Crippen molar-refractivity contribution in [3.63, 3.8) is 0 Å². The summed E-state index contributed by atoms with van der Waals surface area (Å²) in [6.45, 7) is 0. The highest BCUT2D eigenvalue weighted by Crippen LogP contribution is 2.49. The zero-order chi connectivity index (χ0) is 20.6. The monoisotopic (exact) mass is 432 g/mol. The largest absolute Gasteiger partial charge is 0.493 e. The number of amides is 1. The summed E-state index contributed by atoms with van der Waals surface area (Å²) in [5.74, 6) is 1.56. The number of benzene rings is 2. The number of nitrogens with zero attached hydrogens (tertiary/aromatic N) is 1. The van der Waals surface area contributed by atoms with Crippen molar-refractivity contribution in [2.24, 2.45) is 0 Å². The van der Waals surface area contributed by atoms with Gasteiger partial charge in [0, 0.05) is 16.7 Å². The molecular formula is C21H18Cl2N2O4. The van der Waals surface area contributed by atoms with Crippen LogP contribution >= 0.6 is 23.2 Å². The van der Waals surface area contributed by atoms with Crippen molar-refractivity contribution in [3.05, 3.63) is 58.2 Å². The Labute approximate surface area is 177 Å². The Kier molecular flexibility index (Phi) is 5.15. The van der Waals surface area contributed by atoms with Gasteiger partial charge in [0.05, 0.1) is 36.0 Å². The van der Waals surface area contributed by atoms with Gasteiger partial charge in [-0.05, 0) is 49.2 Å². The van der Waals surface area contributed by atoms with Crippen molar-refractivity contribution in [3.8, 4) is 22.8 Å². The fraction of sp³-hybridized carbons (Fsp3) is 0.238. The van der Waals surface area contributed by atoms with Crippen LogP contribution in [0, 0.1) is 0 Å². The van der Waals surface area contributed by atoms with Crippen LogP contribution in [0.4, 0.5) is 5.69 Å². The van der Waals surface area contributed by atoms with Crippen molar-refractivity contribution in [2.75, 3.05) is 19.5 Å². The van der Waals surface area contributed by atoms with Crippen LogP contribution in [0.5, 0.6) is 11.5 Å². The summed E-state index contributed by atoms with van der Waals surface area (Å²) >= 11 is 12.2. The van der Waals surface area contributed by atoms with Gasteiger partial charge >= 0.3 is 0 Å². The van der Waals surface area contributed by atoms with E-state index in [1.807, 2.05) is 6.07 Å². The molecule has 0 spiro atoms. The maximum Gasteiger partial charge on any atom is 0.236 e. The van der Waals surface area contributed by atoms with Gasteiger partial charge in [-0.25, -0.2) is 0 Å². The lowest BCUT2D eigenvalue weighted by atomic mass is 10.00. The third-order valence-electron chi connectivity index (χ3n) is 5.03. The summed E-state index contributed by atoms with van der Waals surface area (Å²) < 4.78 is 16.1. The molecule has 29 heavy (non-hydrogen) atoms. The number of nitrogens with one attached hydrogen (secondary N) is 1. The van der Waals surface area contributed by atoms with Crippen LogP contribution in [0.15, 0.2) is 47.0 Å². The molecule has 8 heteroatoms. The first kappa shape index (κ1) is 19.6. The van der Waals surface area contributed by atoms with E-state index in [1.165, 1.54) is 0 Å². The van der Waals surface area contributed by atoms with Crippen molar-refractivity contribution in [1.82, 2.24) is 5.16 Å². The molecule has 1 N–H and O–H groups in total. The number of hydrogen-bond donors (Lipinski definition) is 1. The summed E-state index contributed by atoms with van der Waals surface area (Å²) in [6.07, 6.45) is 1.35. The minimum absolute atomic E-state index is 0.186. The van der Waals surface area contributed by atoms with Crippen molar-refractivity contribution in [1.29, 1.82) is 0 Å². The molecule has 1 aliphatic rings. The summed E-state index contributed by atoms with van der Waals surface area (Å²) in [7, 11) is 3.14. The van der Waals surface area contributed by atoms with E-state index >= 15 is 0 Å². The topological polar surface area (TPSA) is 73.6 Å². The molecule has 1 aromatic heterocycles. The van der Waals surface area contributed by atoms with Gasteiger partial charge in [0.2, 0.25) is 5.91 Å². The van der Waals surface area contributed by atoms with Crippen LogP contribution in [-0.4, -0.2) is 25.3 Å². The summed E-state index contributed by atoms with van der Waals surface area (Å²) in [4.78, 5) is 13.0. The van der Waals surface area contributed by atoms with Crippen molar-refractivity contribution in [2.45, 2.75) is 18.3 Å². The summed E-state index contributed by atoms with van der Waals surface area (Å²) in [6, 6.07) is 12.1. The molecular weight excluding hydrogens is 415 g/mol. The number of hydrogen-bond acceptors (Lipinski definition) is 5. The Balaban J connectivity index is 1.59. The number of anilines is 1. The zero-order valence-corrected chi connectivity index (χ0v) is 17.3. The maximum atomic E-state index is 13.0. The van der Waals surface area contributed by atoms with Crippen LogP contribution in [0.2, 0.25) is 10.0 Å². The number of carbonyl (C=O) groups excluding carboxylic acids is 1. The average molecular weight is 433 g/mol. The molecule has 1 saturated carbocycles. The Morgan fingerprint density at radius 2 is 1.83 bits per heavy atom. The maximum absolute atomic E-state index is 13.0. The number of aromatic nitrogens is 1. The molecule has 1 fully saturated rings. The average Bonchev–Trinajstić information content (AvgIpc) is 3.40. The minimum Gasteiger partial charge on any atom is -0.493 e. The Morgan fingerprint density at radius 1 is 1.07 bits per heavy atom. The standard InChI is InChI=1S/C21H18Cl2N2O4/c1-27-16-6-3-12(9-18(16)28-2)17-11-19(25-29-17)21(7-8-21)20(26)24-15-10-13(22)4-5-14(15)23/h3-6,9-11H,7-8H2,1-2H3,(H,24,26). The third-order valence-corrected chi connectivity index (χ3v) is 5.59. The molecule has 6 nitrogen and oxygen atoms in total. The van der Waals surface area contributed by atoms with Crippen LogP contribution in [-0.2, 0) is 10.2 Å². The third kappa shape index (κ3) is 3.66. The Bertz CT molecular complexity index is 1080. The molecule has 0 unspecified atom stereocenters. The second kappa shape index (κ2) is 7.61. The molecule has 0 radical (unpaired) electrons. The van der Waals surface area contributed by atoms with Crippen LogP contribution in [0.1, 0.15) is 18.5 Å². The molecule has 0 bridgehead atoms. The molecule has 0 saturated heterocycles.